The standard InChI is InChI=1S/C14H25N3O3S/c1-10(18)4-6-15-8-14-11(2)16-17(12(14)3)13-5-7-21(19,20)9-13/h10,13,15,18H,4-9H2,1-3H3. The smallest absolute Gasteiger partial charge is 0.152 e. The molecule has 7 heteroatoms. The van der Waals surface area contributed by atoms with E-state index in [4.69, 9.17) is 0 Å². The summed E-state index contributed by atoms with van der Waals surface area (Å²) in [4.78, 5) is 0. The lowest BCUT2D eigenvalue weighted by Crippen LogP contribution is -2.19. The lowest BCUT2D eigenvalue weighted by Gasteiger charge is -2.12. The molecule has 2 N–H and O–H groups in total. The van der Waals surface area contributed by atoms with E-state index in [1.165, 1.54) is 0 Å². The number of aliphatic hydroxyl groups is 1. The zero-order valence-electron chi connectivity index (χ0n) is 13.0. The van der Waals surface area contributed by atoms with Gasteiger partial charge in [0.25, 0.3) is 0 Å². The van der Waals surface area contributed by atoms with Gasteiger partial charge >= 0.3 is 0 Å². The van der Waals surface area contributed by atoms with E-state index >= 15 is 0 Å². The summed E-state index contributed by atoms with van der Waals surface area (Å²) in [6.45, 7) is 7.18. The molecule has 2 heterocycles. The second-order valence-electron chi connectivity index (χ2n) is 5.97. The normalized spacial score (nSPS) is 22.6. The zero-order valence-corrected chi connectivity index (χ0v) is 13.8. The highest BCUT2D eigenvalue weighted by atomic mass is 32.2. The second kappa shape index (κ2) is 6.46. The van der Waals surface area contributed by atoms with Crippen LogP contribution in [-0.2, 0) is 16.4 Å². The number of sulfone groups is 1. The number of rotatable bonds is 6. The summed E-state index contributed by atoms with van der Waals surface area (Å²) in [7, 11) is -2.90. The predicted molar refractivity (Wildman–Crippen MR) is 82.0 cm³/mol. The van der Waals surface area contributed by atoms with E-state index < -0.39 is 9.84 Å². The molecular weight excluding hydrogens is 290 g/mol. The van der Waals surface area contributed by atoms with Gasteiger partial charge in [-0.25, -0.2) is 8.42 Å². The molecule has 0 bridgehead atoms. The van der Waals surface area contributed by atoms with Crippen LogP contribution in [0.5, 0.6) is 0 Å². The van der Waals surface area contributed by atoms with Crippen molar-refractivity contribution in [2.45, 2.75) is 52.3 Å². The highest BCUT2D eigenvalue weighted by molar-refractivity contribution is 7.91. The van der Waals surface area contributed by atoms with Crippen LogP contribution < -0.4 is 5.32 Å². The van der Waals surface area contributed by atoms with Gasteiger partial charge in [-0.3, -0.25) is 4.68 Å². The maximum atomic E-state index is 11.6. The second-order valence-corrected chi connectivity index (χ2v) is 8.19. The molecule has 1 fully saturated rings. The van der Waals surface area contributed by atoms with Gasteiger partial charge in [-0.2, -0.15) is 5.10 Å². The van der Waals surface area contributed by atoms with E-state index in [9.17, 15) is 13.5 Å². The van der Waals surface area contributed by atoms with Crippen molar-refractivity contribution >= 4 is 9.84 Å². The van der Waals surface area contributed by atoms with Gasteiger partial charge in [0, 0.05) is 17.8 Å². The van der Waals surface area contributed by atoms with Crippen LogP contribution >= 0.6 is 0 Å². The monoisotopic (exact) mass is 315 g/mol. The van der Waals surface area contributed by atoms with Crippen molar-refractivity contribution in [2.75, 3.05) is 18.1 Å². The van der Waals surface area contributed by atoms with Crippen LogP contribution in [0, 0.1) is 13.8 Å². The lowest BCUT2D eigenvalue weighted by atomic mass is 10.2. The van der Waals surface area contributed by atoms with Gasteiger partial charge < -0.3 is 10.4 Å². The maximum Gasteiger partial charge on any atom is 0.152 e. The van der Waals surface area contributed by atoms with Crippen molar-refractivity contribution in [1.82, 2.24) is 15.1 Å². The predicted octanol–water partition coefficient (Wildman–Crippen LogP) is 0.720. The van der Waals surface area contributed by atoms with Crippen LogP contribution in [0.2, 0.25) is 0 Å². The van der Waals surface area contributed by atoms with E-state index in [1.54, 1.807) is 6.92 Å². The molecule has 1 saturated heterocycles. The summed E-state index contributed by atoms with van der Waals surface area (Å²) in [5.74, 6) is 0.460. The highest BCUT2D eigenvalue weighted by Gasteiger charge is 2.31. The highest BCUT2D eigenvalue weighted by Crippen LogP contribution is 2.26. The van der Waals surface area contributed by atoms with E-state index in [1.807, 2.05) is 18.5 Å². The van der Waals surface area contributed by atoms with Crippen molar-refractivity contribution in [3.05, 3.63) is 17.0 Å². The quantitative estimate of drug-likeness (QED) is 0.756. The Morgan fingerprint density at radius 2 is 2.19 bits per heavy atom. The molecule has 0 saturated carbocycles. The summed E-state index contributed by atoms with van der Waals surface area (Å²) in [6, 6.07) is -0.0279. The Hall–Kier alpha value is -0.920. The molecule has 0 radical (unpaired) electrons. The Kier molecular flexibility index (Phi) is 5.06. The Labute approximate surface area is 126 Å². The average molecular weight is 315 g/mol. The van der Waals surface area contributed by atoms with E-state index in [0.717, 1.165) is 23.5 Å². The number of nitrogens with one attached hydrogen (secondary N) is 1. The van der Waals surface area contributed by atoms with E-state index in [0.29, 0.717) is 19.4 Å². The molecule has 1 aromatic rings. The van der Waals surface area contributed by atoms with Crippen LogP contribution in [0.4, 0.5) is 0 Å². The molecule has 1 aliphatic heterocycles. The number of hydrogen-bond donors (Lipinski definition) is 2. The van der Waals surface area contributed by atoms with Gasteiger partial charge in [0.2, 0.25) is 0 Å². The molecule has 2 rings (SSSR count). The molecule has 120 valence electrons. The van der Waals surface area contributed by atoms with Gasteiger partial charge in [-0.15, -0.1) is 0 Å². The largest absolute Gasteiger partial charge is 0.393 e. The third-order valence-electron chi connectivity index (χ3n) is 4.07. The number of aryl methyl sites for hydroxylation is 1. The summed E-state index contributed by atoms with van der Waals surface area (Å²) in [6.07, 6.45) is 1.07. The molecule has 0 spiro atoms. The first-order valence-corrected chi connectivity index (χ1v) is 9.26. The Bertz CT molecular complexity index is 593. The number of nitrogens with zero attached hydrogens (tertiary/aromatic N) is 2. The zero-order chi connectivity index (χ0) is 15.6. The van der Waals surface area contributed by atoms with Crippen LogP contribution in [0.15, 0.2) is 0 Å². The minimum Gasteiger partial charge on any atom is -0.393 e. The molecule has 0 aromatic carbocycles. The first-order chi connectivity index (χ1) is 9.80. The Morgan fingerprint density at radius 3 is 2.76 bits per heavy atom. The van der Waals surface area contributed by atoms with E-state index in [-0.39, 0.29) is 23.7 Å². The minimum atomic E-state index is -2.90. The van der Waals surface area contributed by atoms with Gasteiger partial charge in [0.1, 0.15) is 0 Å². The number of aromatic nitrogens is 2. The summed E-state index contributed by atoms with van der Waals surface area (Å²) < 4.78 is 25.1. The SMILES string of the molecule is Cc1nn(C2CCS(=O)(=O)C2)c(C)c1CNCCC(C)O. The van der Waals surface area contributed by atoms with E-state index in [2.05, 4.69) is 10.4 Å². The van der Waals surface area contributed by atoms with Gasteiger partial charge in [0.15, 0.2) is 9.84 Å². The van der Waals surface area contributed by atoms with Gasteiger partial charge in [0.05, 0.1) is 29.3 Å². The third-order valence-corrected chi connectivity index (χ3v) is 5.82. The van der Waals surface area contributed by atoms with Crippen molar-refractivity contribution in [3.63, 3.8) is 0 Å². The van der Waals surface area contributed by atoms with Crippen LogP contribution in [0.25, 0.3) is 0 Å². The molecule has 2 unspecified atom stereocenters. The van der Waals surface area contributed by atoms with Crippen molar-refractivity contribution in [3.8, 4) is 0 Å². The summed E-state index contributed by atoms with van der Waals surface area (Å²) in [5.41, 5.74) is 3.12. The van der Waals surface area contributed by atoms with Gasteiger partial charge in [-0.1, -0.05) is 0 Å². The Balaban J connectivity index is 2.04. The minimum absolute atomic E-state index is 0.0279. The molecule has 0 amide bonds. The molecule has 1 aliphatic rings. The molecule has 0 aliphatic carbocycles. The molecule has 21 heavy (non-hydrogen) atoms. The molecule has 2 atom stereocenters. The maximum absolute atomic E-state index is 11.6. The lowest BCUT2D eigenvalue weighted by molar-refractivity contribution is 0.183. The van der Waals surface area contributed by atoms with Crippen molar-refractivity contribution in [2.24, 2.45) is 0 Å². The number of aliphatic hydroxyl groups excluding tert-OH is 1. The van der Waals surface area contributed by atoms with Crippen LogP contribution in [-0.4, -0.2) is 47.5 Å². The fourth-order valence-corrected chi connectivity index (χ4v) is 4.49. The molecular formula is C14H25N3O3S. The third kappa shape index (κ3) is 4.05. The van der Waals surface area contributed by atoms with Crippen LogP contribution in [0.1, 0.15) is 42.8 Å². The van der Waals surface area contributed by atoms with Crippen LogP contribution in [0.3, 0.4) is 0 Å². The molecule has 6 nitrogen and oxygen atoms in total. The fourth-order valence-electron chi connectivity index (χ4n) is 2.80. The summed E-state index contributed by atoms with van der Waals surface area (Å²) >= 11 is 0. The van der Waals surface area contributed by atoms with Crippen molar-refractivity contribution < 1.29 is 13.5 Å². The fraction of sp³-hybridized carbons (Fsp3) is 0.786. The molecule has 1 aromatic heterocycles. The topological polar surface area (TPSA) is 84.2 Å². The number of hydrogen-bond acceptors (Lipinski definition) is 5. The average Bonchev–Trinajstić information content (AvgIpc) is 2.87. The van der Waals surface area contributed by atoms with Crippen molar-refractivity contribution in [1.29, 1.82) is 0 Å². The van der Waals surface area contributed by atoms with Gasteiger partial charge in [-0.05, 0) is 40.2 Å². The summed E-state index contributed by atoms with van der Waals surface area (Å²) in [5, 5.41) is 17.1. The first kappa shape index (κ1) is 16.5. The Morgan fingerprint density at radius 1 is 1.48 bits per heavy atom. The first-order valence-electron chi connectivity index (χ1n) is 7.44.